The highest BCUT2D eigenvalue weighted by Gasteiger charge is 2.39. The summed E-state index contributed by atoms with van der Waals surface area (Å²) in [5, 5.41) is 9.47. The van der Waals surface area contributed by atoms with Gasteiger partial charge in [-0.25, -0.2) is 45.8 Å². The Morgan fingerprint density at radius 3 is 2.46 bits per heavy atom. The molecule has 1 atom stereocenters. The summed E-state index contributed by atoms with van der Waals surface area (Å²) < 4.78 is 76.0. The molecule has 206 valence electrons. The van der Waals surface area contributed by atoms with E-state index < -0.39 is 45.7 Å². The van der Waals surface area contributed by atoms with Gasteiger partial charge in [-0.2, -0.15) is 10.2 Å². The van der Waals surface area contributed by atoms with Crippen molar-refractivity contribution in [2.45, 2.75) is 37.3 Å². The number of aromatic nitrogens is 3. The van der Waals surface area contributed by atoms with Gasteiger partial charge in [-0.05, 0) is 38.6 Å². The van der Waals surface area contributed by atoms with E-state index in [2.05, 4.69) is 19.9 Å². The molecule has 1 aromatic carbocycles. The Morgan fingerprint density at radius 1 is 1.10 bits per heavy atom. The van der Waals surface area contributed by atoms with Gasteiger partial charge < -0.3 is 9.64 Å². The van der Waals surface area contributed by atoms with Gasteiger partial charge in [-0.3, -0.25) is 0 Å². The molecule has 0 unspecified atom stereocenters. The number of sulfonamides is 1. The topological polar surface area (TPSA) is 122 Å². The molecule has 11 nitrogen and oxygen atoms in total. The second-order valence-electron chi connectivity index (χ2n) is 9.12. The number of carbonyl (C=O) groups excluding carboxylic acids is 1. The number of hydrogen-bond acceptors (Lipinski definition) is 7. The fourth-order valence-electron chi connectivity index (χ4n) is 4.59. The summed E-state index contributed by atoms with van der Waals surface area (Å²) >= 11 is 0. The van der Waals surface area contributed by atoms with Crippen molar-refractivity contribution in [1.82, 2.24) is 29.4 Å². The number of rotatable bonds is 6. The first-order valence-corrected chi connectivity index (χ1v) is 13.4. The molecule has 1 N–H and O–H groups in total. The van der Waals surface area contributed by atoms with Crippen LogP contribution in [-0.2, 0) is 10.0 Å². The molecular formula is C24H24F3N7O4S. The van der Waals surface area contributed by atoms with Crippen molar-refractivity contribution in [2.75, 3.05) is 20.1 Å². The summed E-state index contributed by atoms with van der Waals surface area (Å²) in [4.78, 5) is 18.4. The van der Waals surface area contributed by atoms with Crippen molar-refractivity contribution >= 4 is 22.3 Å². The fourth-order valence-corrected chi connectivity index (χ4v) is 5.70. The van der Waals surface area contributed by atoms with E-state index in [9.17, 15) is 26.4 Å². The molecule has 0 radical (unpaired) electrons. The van der Waals surface area contributed by atoms with Gasteiger partial charge in [-0.1, -0.05) is 0 Å². The molecule has 0 bridgehead atoms. The lowest BCUT2D eigenvalue weighted by molar-refractivity contribution is 0.0256. The molecule has 0 spiro atoms. The lowest BCUT2D eigenvalue weighted by atomic mass is 10.0. The number of ether oxygens (including phenoxy) is 1. The Hall–Kier alpha value is -3.98. The van der Waals surface area contributed by atoms with Gasteiger partial charge in [0, 0.05) is 24.8 Å². The minimum absolute atomic E-state index is 0.00408. The predicted octanol–water partition coefficient (Wildman–Crippen LogP) is 2.83. The highest BCUT2D eigenvalue weighted by atomic mass is 32.2. The molecule has 5 rings (SSSR count). The van der Waals surface area contributed by atoms with Gasteiger partial charge in [0.1, 0.15) is 22.6 Å². The quantitative estimate of drug-likeness (QED) is 0.492. The van der Waals surface area contributed by atoms with Gasteiger partial charge in [-0.15, -0.1) is 0 Å². The van der Waals surface area contributed by atoms with E-state index in [4.69, 9.17) is 4.74 Å². The van der Waals surface area contributed by atoms with Crippen molar-refractivity contribution in [3.05, 3.63) is 64.9 Å². The zero-order valence-corrected chi connectivity index (χ0v) is 21.9. The standard InChI is InChI=1S/C24H24F3N7O4S/c1-13-23(39(36,37)28-3)14(2)33(31-13)22-9-21(19(27)10-29-22)38-18-11-32(12-18)24(35)34-20(4-5-30-34)15-6-16(25)8-17(26)7-15/h5-10,18,20,28H,4,11-12H2,1-3H3/t20-/m0/s1. The normalized spacial score (nSPS) is 17.5. The van der Waals surface area contributed by atoms with Crippen LogP contribution in [0.25, 0.3) is 5.82 Å². The third kappa shape index (κ3) is 4.94. The van der Waals surface area contributed by atoms with Crippen molar-refractivity contribution in [2.24, 2.45) is 5.10 Å². The van der Waals surface area contributed by atoms with Crippen molar-refractivity contribution < 1.29 is 31.1 Å². The average molecular weight is 564 g/mol. The minimum atomic E-state index is -3.78. The van der Waals surface area contributed by atoms with E-state index in [1.165, 1.54) is 35.8 Å². The molecule has 39 heavy (non-hydrogen) atoms. The Balaban J connectivity index is 1.28. The van der Waals surface area contributed by atoms with Crippen LogP contribution in [0.2, 0.25) is 0 Å². The number of aryl methyl sites for hydroxylation is 1. The molecule has 1 saturated heterocycles. The number of pyridine rings is 1. The number of benzene rings is 1. The van der Waals surface area contributed by atoms with E-state index in [-0.39, 0.29) is 46.5 Å². The summed E-state index contributed by atoms with van der Waals surface area (Å²) in [6, 6.07) is 3.25. The highest BCUT2D eigenvalue weighted by Crippen LogP contribution is 2.32. The number of likely N-dealkylation sites (tertiary alicyclic amines) is 1. The molecule has 2 aliphatic rings. The largest absolute Gasteiger partial charge is 0.483 e. The highest BCUT2D eigenvalue weighted by molar-refractivity contribution is 7.89. The Bertz CT molecular complexity index is 1570. The van der Waals surface area contributed by atoms with Gasteiger partial charge in [0.15, 0.2) is 17.4 Å². The number of hydrogen-bond donors (Lipinski definition) is 1. The van der Waals surface area contributed by atoms with Gasteiger partial charge in [0.25, 0.3) is 0 Å². The van der Waals surface area contributed by atoms with E-state index in [0.717, 1.165) is 29.4 Å². The molecule has 2 amide bonds. The zero-order chi connectivity index (χ0) is 28.1. The van der Waals surface area contributed by atoms with Crippen LogP contribution in [0.3, 0.4) is 0 Å². The van der Waals surface area contributed by atoms with E-state index in [1.807, 2.05) is 0 Å². The molecule has 0 aliphatic carbocycles. The minimum Gasteiger partial charge on any atom is -0.483 e. The van der Waals surface area contributed by atoms with Gasteiger partial charge in [0.2, 0.25) is 10.0 Å². The number of hydrazone groups is 1. The molecule has 4 heterocycles. The summed E-state index contributed by atoms with van der Waals surface area (Å²) in [5.74, 6) is -2.24. The first-order chi connectivity index (χ1) is 18.5. The summed E-state index contributed by atoms with van der Waals surface area (Å²) in [6.45, 7) is 3.33. The second kappa shape index (κ2) is 9.96. The van der Waals surface area contributed by atoms with Crippen LogP contribution in [0.1, 0.15) is 29.4 Å². The lowest BCUT2D eigenvalue weighted by Gasteiger charge is -2.41. The molecular weight excluding hydrogens is 539 g/mol. The summed E-state index contributed by atoms with van der Waals surface area (Å²) in [5.41, 5.74) is 0.812. The molecule has 15 heteroatoms. The number of carbonyl (C=O) groups is 1. The number of urea groups is 1. The first kappa shape index (κ1) is 26.6. The van der Waals surface area contributed by atoms with Crippen LogP contribution in [0.15, 0.2) is 40.5 Å². The van der Waals surface area contributed by atoms with Crippen molar-refractivity contribution in [1.29, 1.82) is 0 Å². The third-order valence-electron chi connectivity index (χ3n) is 6.49. The molecule has 0 saturated carbocycles. The van der Waals surface area contributed by atoms with Crippen LogP contribution in [0, 0.1) is 31.3 Å². The molecule has 1 fully saturated rings. The SMILES string of the molecule is CNS(=O)(=O)c1c(C)nn(-c2cc(OC3CN(C(=O)N4N=CC[C@H]4c4cc(F)cc(F)c4)C3)c(F)cn2)c1C. The Labute approximate surface area is 221 Å². The maximum atomic E-state index is 14.5. The Morgan fingerprint density at radius 2 is 1.79 bits per heavy atom. The maximum Gasteiger partial charge on any atom is 0.341 e. The molecule has 2 aliphatic heterocycles. The lowest BCUT2D eigenvalue weighted by Crippen LogP contribution is -2.58. The average Bonchev–Trinajstić information content (AvgIpc) is 3.46. The summed E-state index contributed by atoms with van der Waals surface area (Å²) in [6.07, 6.45) is 2.20. The van der Waals surface area contributed by atoms with Crippen molar-refractivity contribution in [3.8, 4) is 11.6 Å². The second-order valence-corrected chi connectivity index (χ2v) is 10.9. The molecule has 3 aromatic rings. The summed E-state index contributed by atoms with van der Waals surface area (Å²) in [7, 11) is -2.49. The fraction of sp³-hybridized carbons (Fsp3) is 0.333. The third-order valence-corrected chi connectivity index (χ3v) is 8.16. The van der Waals surface area contributed by atoms with Crippen LogP contribution >= 0.6 is 0 Å². The predicted molar refractivity (Wildman–Crippen MR) is 132 cm³/mol. The first-order valence-electron chi connectivity index (χ1n) is 11.9. The maximum absolute atomic E-state index is 14.5. The zero-order valence-electron chi connectivity index (χ0n) is 21.1. The van der Waals surface area contributed by atoms with Crippen LogP contribution in [-0.4, -0.2) is 71.6 Å². The number of halogens is 3. The van der Waals surface area contributed by atoms with E-state index in [1.54, 1.807) is 6.92 Å². The number of nitrogens with zero attached hydrogens (tertiary/aromatic N) is 6. The smallest absolute Gasteiger partial charge is 0.341 e. The Kier molecular flexibility index (Phi) is 6.80. The van der Waals surface area contributed by atoms with Crippen LogP contribution < -0.4 is 9.46 Å². The monoisotopic (exact) mass is 563 g/mol. The van der Waals surface area contributed by atoms with Gasteiger partial charge >= 0.3 is 6.03 Å². The number of amides is 2. The number of nitrogens with one attached hydrogen (secondary N) is 1. The van der Waals surface area contributed by atoms with Crippen molar-refractivity contribution in [3.63, 3.8) is 0 Å². The molecule has 2 aromatic heterocycles. The van der Waals surface area contributed by atoms with E-state index >= 15 is 0 Å². The van der Waals surface area contributed by atoms with Crippen LogP contribution in [0.5, 0.6) is 5.75 Å². The van der Waals surface area contributed by atoms with E-state index in [0.29, 0.717) is 6.42 Å². The van der Waals surface area contributed by atoms with Crippen LogP contribution in [0.4, 0.5) is 18.0 Å². The van der Waals surface area contributed by atoms with Gasteiger partial charge in [0.05, 0.1) is 36.7 Å².